The van der Waals surface area contributed by atoms with E-state index in [0.29, 0.717) is 0 Å². The number of hydrogen-bond acceptors (Lipinski definition) is 1. The number of aryl methyl sites for hydroxylation is 1. The Labute approximate surface area is 79.0 Å². The molecule has 0 aliphatic carbocycles. The van der Waals surface area contributed by atoms with E-state index in [0.717, 1.165) is 5.69 Å². The molecule has 0 spiro atoms. The smallest absolute Gasteiger partial charge is 0.418 e. The second kappa shape index (κ2) is 4.99. The zero-order valence-electron chi connectivity index (χ0n) is 7.85. The molecule has 1 aromatic rings. The molecule has 0 fully saturated rings. The third-order valence-corrected chi connectivity index (χ3v) is 1.25. The van der Waals surface area contributed by atoms with Crippen LogP contribution in [0.5, 0.6) is 0 Å². The van der Waals surface area contributed by atoms with Crippen LogP contribution in [0, 0.1) is 6.92 Å². The SMILES string of the molecule is Cc1c[n+](C(C)N)c[nH]1.F[B-](F)(F)F. The molecule has 0 aliphatic rings. The topological polar surface area (TPSA) is 45.7 Å². The standard InChI is InChI=1S/C6H11N3.BF4/c1-5-3-9(4-8-5)6(2)7;2-1(3,4)5/h3-4,6H,7H2,1-2H3;/q;-1/p+1. The van der Waals surface area contributed by atoms with Gasteiger partial charge < -0.3 is 17.3 Å². The van der Waals surface area contributed by atoms with E-state index in [1.54, 1.807) is 0 Å². The first-order valence-corrected chi connectivity index (χ1v) is 3.89. The monoisotopic (exact) mass is 213 g/mol. The van der Waals surface area contributed by atoms with Gasteiger partial charge in [0.25, 0.3) is 0 Å². The van der Waals surface area contributed by atoms with Crippen molar-refractivity contribution in [1.82, 2.24) is 4.98 Å². The van der Waals surface area contributed by atoms with Gasteiger partial charge >= 0.3 is 7.25 Å². The molecule has 0 aromatic carbocycles. The van der Waals surface area contributed by atoms with Crippen LogP contribution in [0.4, 0.5) is 17.3 Å². The number of hydrogen-bond donors (Lipinski definition) is 2. The first-order valence-electron chi connectivity index (χ1n) is 3.89. The molecule has 3 nitrogen and oxygen atoms in total. The molecule has 1 heterocycles. The number of nitrogens with zero attached hydrogens (tertiary/aromatic N) is 1. The van der Waals surface area contributed by atoms with Crippen LogP contribution >= 0.6 is 0 Å². The number of H-pyrrole nitrogens is 1. The van der Waals surface area contributed by atoms with E-state index in [1.165, 1.54) is 0 Å². The Morgan fingerprint density at radius 2 is 1.86 bits per heavy atom. The summed E-state index contributed by atoms with van der Waals surface area (Å²) in [6.45, 7) is 3.94. The summed E-state index contributed by atoms with van der Waals surface area (Å²) in [7, 11) is -6.00. The van der Waals surface area contributed by atoms with Gasteiger partial charge in [0.15, 0.2) is 0 Å². The van der Waals surface area contributed by atoms with Gasteiger partial charge in [-0.1, -0.05) is 0 Å². The summed E-state index contributed by atoms with van der Waals surface area (Å²) in [5, 5.41) is 0. The molecule has 8 heteroatoms. The van der Waals surface area contributed by atoms with Crippen molar-refractivity contribution in [2.24, 2.45) is 5.73 Å². The van der Waals surface area contributed by atoms with E-state index in [2.05, 4.69) is 4.98 Å². The Morgan fingerprint density at radius 3 is 2.00 bits per heavy atom. The number of imidazole rings is 1. The average Bonchev–Trinajstić information content (AvgIpc) is 2.31. The predicted octanol–water partition coefficient (Wildman–Crippen LogP) is 1.39. The second-order valence-corrected chi connectivity index (χ2v) is 2.77. The first kappa shape index (κ1) is 13.0. The normalized spacial score (nSPS) is 13.1. The Balaban J connectivity index is 0.000000292. The maximum Gasteiger partial charge on any atom is 0.673 e. The number of aromatic amines is 1. The molecular weight excluding hydrogens is 201 g/mol. The van der Waals surface area contributed by atoms with Crippen molar-refractivity contribution < 1.29 is 21.8 Å². The molecule has 1 atom stereocenters. The lowest BCUT2D eigenvalue weighted by Gasteiger charge is -1.95. The molecule has 14 heavy (non-hydrogen) atoms. The van der Waals surface area contributed by atoms with Crippen molar-refractivity contribution in [3.63, 3.8) is 0 Å². The van der Waals surface area contributed by atoms with Gasteiger partial charge in [-0.15, -0.1) is 0 Å². The van der Waals surface area contributed by atoms with Crippen LogP contribution in [0.3, 0.4) is 0 Å². The van der Waals surface area contributed by atoms with E-state index in [9.17, 15) is 17.3 Å². The minimum absolute atomic E-state index is 0.0648. The lowest BCUT2D eigenvalue weighted by molar-refractivity contribution is -0.717. The van der Waals surface area contributed by atoms with Gasteiger partial charge in [-0.2, -0.15) is 0 Å². The average molecular weight is 213 g/mol. The van der Waals surface area contributed by atoms with E-state index in [4.69, 9.17) is 5.73 Å². The van der Waals surface area contributed by atoms with Crippen LogP contribution in [0.2, 0.25) is 0 Å². The van der Waals surface area contributed by atoms with Crippen molar-refractivity contribution in [3.8, 4) is 0 Å². The molecule has 0 saturated carbocycles. The second-order valence-electron chi connectivity index (χ2n) is 2.77. The zero-order valence-corrected chi connectivity index (χ0v) is 7.85. The predicted molar refractivity (Wildman–Crippen MR) is 44.8 cm³/mol. The molecule has 0 saturated heterocycles. The Bertz CT molecular complexity index is 264. The van der Waals surface area contributed by atoms with Crippen LogP contribution in [0.15, 0.2) is 12.5 Å². The van der Waals surface area contributed by atoms with Crippen molar-refractivity contribution in [2.75, 3.05) is 0 Å². The lowest BCUT2D eigenvalue weighted by atomic mass is 10.3. The van der Waals surface area contributed by atoms with Crippen molar-refractivity contribution in [1.29, 1.82) is 0 Å². The van der Waals surface area contributed by atoms with Crippen LogP contribution < -0.4 is 10.3 Å². The first-order chi connectivity index (χ1) is 6.20. The number of nitrogens with one attached hydrogen (secondary N) is 1. The molecule has 1 rings (SSSR count). The summed E-state index contributed by atoms with van der Waals surface area (Å²) in [6, 6.07) is 0. The fraction of sp³-hybridized carbons (Fsp3) is 0.500. The van der Waals surface area contributed by atoms with E-state index in [1.807, 2.05) is 30.9 Å². The Kier molecular flexibility index (Phi) is 4.62. The highest BCUT2D eigenvalue weighted by atomic mass is 19.5. The molecule has 1 unspecified atom stereocenters. The fourth-order valence-electron chi connectivity index (χ4n) is 0.710. The highest BCUT2D eigenvalue weighted by Crippen LogP contribution is 2.06. The molecule has 0 amide bonds. The largest absolute Gasteiger partial charge is 0.673 e. The highest BCUT2D eigenvalue weighted by Gasteiger charge is 2.20. The Hall–Kier alpha value is -1.05. The molecular formula is C6H12BF4N3. The summed E-state index contributed by atoms with van der Waals surface area (Å²) in [6.07, 6.45) is 3.90. The molecule has 3 N–H and O–H groups in total. The number of nitrogens with two attached hydrogens (primary N) is 1. The summed E-state index contributed by atoms with van der Waals surface area (Å²) in [5.41, 5.74) is 6.70. The van der Waals surface area contributed by atoms with Crippen LogP contribution in [0.1, 0.15) is 18.8 Å². The van der Waals surface area contributed by atoms with Crippen molar-refractivity contribution >= 4 is 7.25 Å². The molecule has 1 aromatic heterocycles. The minimum atomic E-state index is -6.00. The fourth-order valence-corrected chi connectivity index (χ4v) is 0.710. The molecule has 82 valence electrons. The van der Waals surface area contributed by atoms with Gasteiger partial charge in [-0.05, 0) is 6.92 Å². The molecule has 0 radical (unpaired) electrons. The van der Waals surface area contributed by atoms with E-state index in [-0.39, 0.29) is 6.17 Å². The van der Waals surface area contributed by atoms with Gasteiger partial charge in [-0.25, -0.2) is 9.55 Å². The quantitative estimate of drug-likeness (QED) is 0.413. The molecule has 0 aliphatic heterocycles. The van der Waals surface area contributed by atoms with Crippen LogP contribution in [0.25, 0.3) is 0 Å². The summed E-state index contributed by atoms with van der Waals surface area (Å²) < 4.78 is 40.9. The van der Waals surface area contributed by atoms with Gasteiger partial charge in [-0.3, -0.25) is 5.73 Å². The third kappa shape index (κ3) is 7.60. The van der Waals surface area contributed by atoms with E-state index < -0.39 is 7.25 Å². The molecule has 0 bridgehead atoms. The summed E-state index contributed by atoms with van der Waals surface area (Å²) >= 11 is 0. The van der Waals surface area contributed by atoms with E-state index >= 15 is 0 Å². The number of halogens is 4. The summed E-state index contributed by atoms with van der Waals surface area (Å²) in [4.78, 5) is 3.03. The lowest BCUT2D eigenvalue weighted by Crippen LogP contribution is -2.40. The van der Waals surface area contributed by atoms with Crippen LogP contribution in [-0.2, 0) is 0 Å². The number of aromatic nitrogens is 2. The minimum Gasteiger partial charge on any atom is -0.418 e. The summed E-state index contributed by atoms with van der Waals surface area (Å²) in [5.74, 6) is 0. The maximum atomic E-state index is 9.75. The van der Waals surface area contributed by atoms with Gasteiger partial charge in [0.1, 0.15) is 18.1 Å². The van der Waals surface area contributed by atoms with Gasteiger partial charge in [0.05, 0.1) is 0 Å². The highest BCUT2D eigenvalue weighted by molar-refractivity contribution is 6.50. The maximum absolute atomic E-state index is 9.75. The van der Waals surface area contributed by atoms with Gasteiger partial charge in [0.2, 0.25) is 6.33 Å². The van der Waals surface area contributed by atoms with Crippen molar-refractivity contribution in [3.05, 3.63) is 18.2 Å². The zero-order chi connectivity index (χ0) is 11.4. The van der Waals surface area contributed by atoms with Crippen molar-refractivity contribution in [2.45, 2.75) is 20.0 Å². The Morgan fingerprint density at radius 1 is 1.43 bits per heavy atom. The van der Waals surface area contributed by atoms with Crippen LogP contribution in [-0.4, -0.2) is 12.2 Å². The number of rotatable bonds is 1. The third-order valence-electron chi connectivity index (χ3n) is 1.25. The van der Waals surface area contributed by atoms with Gasteiger partial charge in [0, 0.05) is 6.92 Å².